The van der Waals surface area contributed by atoms with Gasteiger partial charge in [0, 0.05) is 5.69 Å². The Bertz CT molecular complexity index is 1280. The first-order chi connectivity index (χ1) is 16.8. The molecule has 0 atom stereocenters. The molecule has 1 aliphatic heterocycles. The van der Waals surface area contributed by atoms with Gasteiger partial charge in [0.1, 0.15) is 24.6 Å². The number of halogens is 2. The highest BCUT2D eigenvalue weighted by Gasteiger charge is 2.35. The zero-order chi connectivity index (χ0) is 24.9. The number of urea groups is 1. The number of ether oxygens (including phenoxy) is 1. The Labute approximate surface area is 219 Å². The lowest BCUT2D eigenvalue weighted by atomic mass is 10.2. The van der Waals surface area contributed by atoms with E-state index in [9.17, 15) is 14.4 Å². The summed E-state index contributed by atoms with van der Waals surface area (Å²) in [7, 11) is 0. The monoisotopic (exact) mass is 597 g/mol. The maximum atomic E-state index is 12.8. The third-order valence-corrected chi connectivity index (χ3v) is 6.34. The van der Waals surface area contributed by atoms with Crippen molar-refractivity contribution in [3.63, 3.8) is 0 Å². The number of anilines is 1. The van der Waals surface area contributed by atoms with Crippen molar-refractivity contribution >= 4 is 61.5 Å². The Balaban J connectivity index is 1.43. The molecule has 1 fully saturated rings. The van der Waals surface area contributed by atoms with Crippen LogP contribution in [0.4, 0.5) is 10.5 Å². The molecule has 3 aromatic rings. The molecule has 0 saturated carbocycles. The Morgan fingerprint density at radius 3 is 2.34 bits per heavy atom. The first-order valence-electron chi connectivity index (χ1n) is 10.7. The normalized spacial score (nSPS) is 14.3. The molecule has 4 amide bonds. The molecule has 1 saturated heterocycles. The summed E-state index contributed by atoms with van der Waals surface area (Å²) in [5.74, 6) is -0.429. The van der Waals surface area contributed by atoms with Crippen LogP contribution < -0.4 is 15.4 Å². The van der Waals surface area contributed by atoms with Crippen LogP contribution in [-0.2, 0) is 16.2 Å². The number of amides is 4. The van der Waals surface area contributed by atoms with Crippen molar-refractivity contribution in [3.05, 3.63) is 98.1 Å². The number of nitrogens with zero attached hydrogens (tertiary/aromatic N) is 1. The molecule has 3 aromatic carbocycles. The Kier molecular flexibility index (Phi) is 7.67. The van der Waals surface area contributed by atoms with E-state index < -0.39 is 24.4 Å². The van der Waals surface area contributed by atoms with E-state index in [-0.39, 0.29) is 5.70 Å². The fourth-order valence-electron chi connectivity index (χ4n) is 3.39. The first kappa shape index (κ1) is 24.7. The van der Waals surface area contributed by atoms with Gasteiger partial charge < -0.3 is 15.4 Å². The van der Waals surface area contributed by atoms with Crippen LogP contribution in [0.2, 0.25) is 0 Å². The van der Waals surface area contributed by atoms with Gasteiger partial charge in [0.25, 0.3) is 5.91 Å². The highest BCUT2D eigenvalue weighted by Crippen LogP contribution is 2.36. The van der Waals surface area contributed by atoms with Crippen LogP contribution in [0.15, 0.2) is 81.4 Å². The molecule has 7 nitrogen and oxygen atoms in total. The number of nitrogens with one attached hydrogen (secondary N) is 2. The van der Waals surface area contributed by atoms with Crippen LogP contribution in [0.25, 0.3) is 6.08 Å². The number of aryl methyl sites for hydroxylation is 1. The minimum Gasteiger partial charge on any atom is -0.487 e. The van der Waals surface area contributed by atoms with Gasteiger partial charge in [-0.3, -0.25) is 9.59 Å². The molecule has 0 radical (unpaired) electrons. The second kappa shape index (κ2) is 10.9. The Morgan fingerprint density at radius 2 is 1.69 bits per heavy atom. The van der Waals surface area contributed by atoms with E-state index in [4.69, 9.17) is 4.74 Å². The largest absolute Gasteiger partial charge is 0.487 e. The average Bonchev–Trinajstić information content (AvgIpc) is 3.08. The van der Waals surface area contributed by atoms with Crippen molar-refractivity contribution in [2.24, 2.45) is 0 Å². The molecule has 9 heteroatoms. The predicted octanol–water partition coefficient (Wildman–Crippen LogP) is 5.63. The van der Waals surface area contributed by atoms with E-state index in [1.165, 1.54) is 0 Å². The Morgan fingerprint density at radius 1 is 1.03 bits per heavy atom. The molecule has 2 N–H and O–H groups in total. The molecule has 1 heterocycles. The summed E-state index contributed by atoms with van der Waals surface area (Å²) in [5, 5.41) is 5.22. The van der Waals surface area contributed by atoms with Gasteiger partial charge in [0.15, 0.2) is 0 Å². The van der Waals surface area contributed by atoms with Crippen LogP contribution in [0.5, 0.6) is 5.75 Å². The zero-order valence-electron chi connectivity index (χ0n) is 18.7. The Hall–Kier alpha value is -3.43. The smallest absolute Gasteiger partial charge is 0.329 e. The number of carbonyl (C=O) groups excluding carboxylic acids is 3. The van der Waals surface area contributed by atoms with Crippen LogP contribution in [0, 0.1) is 6.92 Å². The first-order valence-corrected chi connectivity index (χ1v) is 12.3. The molecule has 0 bridgehead atoms. The third kappa shape index (κ3) is 6.17. The lowest BCUT2D eigenvalue weighted by Crippen LogP contribution is -2.38. The summed E-state index contributed by atoms with van der Waals surface area (Å²) in [6.07, 6.45) is 1.55. The van der Waals surface area contributed by atoms with E-state index in [0.29, 0.717) is 32.6 Å². The van der Waals surface area contributed by atoms with Gasteiger partial charge >= 0.3 is 6.03 Å². The quantitative estimate of drug-likeness (QED) is 0.272. The number of rotatable bonds is 7. The van der Waals surface area contributed by atoms with E-state index in [2.05, 4.69) is 42.5 Å². The van der Waals surface area contributed by atoms with E-state index in [1.54, 1.807) is 30.3 Å². The number of imide groups is 1. The van der Waals surface area contributed by atoms with Gasteiger partial charge in [-0.05, 0) is 80.3 Å². The molecule has 0 spiro atoms. The molecular formula is C26H21Br2N3O4. The average molecular weight is 599 g/mol. The lowest BCUT2D eigenvalue weighted by Gasteiger charge is -2.12. The van der Waals surface area contributed by atoms with E-state index in [1.807, 2.05) is 49.4 Å². The van der Waals surface area contributed by atoms with Crippen molar-refractivity contribution < 1.29 is 19.1 Å². The number of hydrogen-bond acceptors (Lipinski definition) is 4. The van der Waals surface area contributed by atoms with Crippen molar-refractivity contribution in [1.82, 2.24) is 10.2 Å². The molecule has 4 rings (SSSR count). The summed E-state index contributed by atoms with van der Waals surface area (Å²) < 4.78 is 7.29. The summed E-state index contributed by atoms with van der Waals surface area (Å²) in [5.41, 5.74) is 3.41. The van der Waals surface area contributed by atoms with Gasteiger partial charge in [-0.15, -0.1) is 0 Å². The van der Waals surface area contributed by atoms with Crippen molar-refractivity contribution in [2.45, 2.75) is 13.5 Å². The van der Waals surface area contributed by atoms with E-state index >= 15 is 0 Å². The fourth-order valence-corrected chi connectivity index (χ4v) is 4.84. The zero-order valence-corrected chi connectivity index (χ0v) is 21.9. The van der Waals surface area contributed by atoms with Crippen molar-refractivity contribution in [1.29, 1.82) is 0 Å². The van der Waals surface area contributed by atoms with E-state index in [0.717, 1.165) is 16.0 Å². The maximum absolute atomic E-state index is 12.8. The highest BCUT2D eigenvalue weighted by atomic mass is 79.9. The van der Waals surface area contributed by atoms with Gasteiger partial charge in [0.05, 0.1) is 8.95 Å². The molecule has 178 valence electrons. The fraction of sp³-hybridized carbons (Fsp3) is 0.115. The second-order valence-corrected chi connectivity index (χ2v) is 9.59. The van der Waals surface area contributed by atoms with Gasteiger partial charge in [0.2, 0.25) is 5.91 Å². The third-order valence-electron chi connectivity index (χ3n) is 5.16. The molecule has 0 unspecified atom stereocenters. The van der Waals surface area contributed by atoms with Gasteiger partial charge in [-0.1, -0.05) is 48.0 Å². The van der Waals surface area contributed by atoms with Crippen LogP contribution in [0.1, 0.15) is 16.7 Å². The molecule has 0 aliphatic carbocycles. The summed E-state index contributed by atoms with van der Waals surface area (Å²) in [4.78, 5) is 38.4. The minimum absolute atomic E-state index is 0.0786. The summed E-state index contributed by atoms with van der Waals surface area (Å²) >= 11 is 7.02. The van der Waals surface area contributed by atoms with Crippen LogP contribution in [-0.4, -0.2) is 29.3 Å². The van der Waals surface area contributed by atoms with Crippen molar-refractivity contribution in [2.75, 3.05) is 11.9 Å². The number of hydrogen-bond donors (Lipinski definition) is 2. The molecule has 35 heavy (non-hydrogen) atoms. The number of carbonyl (C=O) groups is 3. The summed E-state index contributed by atoms with van der Waals surface area (Å²) in [6, 6.07) is 19.9. The lowest BCUT2D eigenvalue weighted by molar-refractivity contribution is -0.127. The van der Waals surface area contributed by atoms with Crippen LogP contribution in [0.3, 0.4) is 0 Å². The van der Waals surface area contributed by atoms with Gasteiger partial charge in [-0.25, -0.2) is 9.69 Å². The number of benzene rings is 3. The minimum atomic E-state index is -0.652. The highest BCUT2D eigenvalue weighted by molar-refractivity contribution is 9.11. The maximum Gasteiger partial charge on any atom is 0.329 e. The van der Waals surface area contributed by atoms with Gasteiger partial charge in [-0.2, -0.15) is 0 Å². The predicted molar refractivity (Wildman–Crippen MR) is 141 cm³/mol. The molecule has 1 aliphatic rings. The molecule has 0 aromatic heterocycles. The SMILES string of the molecule is Cc1ccc(NC(=O)CN2C(=O)N/C(=C/c3cc(Br)c(OCc4ccccc4)c(Br)c3)C2=O)cc1. The summed E-state index contributed by atoms with van der Waals surface area (Å²) in [6.45, 7) is 1.94. The topological polar surface area (TPSA) is 87.7 Å². The van der Waals surface area contributed by atoms with Crippen molar-refractivity contribution in [3.8, 4) is 5.75 Å². The second-order valence-electron chi connectivity index (χ2n) is 7.88. The molecular weight excluding hydrogens is 578 g/mol. The van der Waals surface area contributed by atoms with Crippen LogP contribution >= 0.6 is 31.9 Å². The standard InChI is InChI=1S/C26H21Br2N3O4/c1-16-7-9-19(10-8-16)29-23(32)14-31-25(33)22(30-26(31)34)13-18-11-20(27)24(21(28)12-18)35-15-17-5-3-2-4-6-17/h2-13H,14-15H2,1H3,(H,29,32)(H,30,34)/b22-13+.